The molecule has 0 aliphatic carbocycles. The van der Waals surface area contributed by atoms with Crippen LogP contribution in [0.1, 0.15) is 28.4 Å². The van der Waals surface area contributed by atoms with Gasteiger partial charge < -0.3 is 10.1 Å². The molecular weight excluding hydrogens is 366 g/mol. The van der Waals surface area contributed by atoms with Gasteiger partial charge in [0.15, 0.2) is 0 Å². The summed E-state index contributed by atoms with van der Waals surface area (Å²) in [7, 11) is 0. The quantitative estimate of drug-likeness (QED) is 0.682. The zero-order valence-corrected chi connectivity index (χ0v) is 16.1. The molecule has 27 heavy (non-hydrogen) atoms. The van der Waals surface area contributed by atoms with Gasteiger partial charge in [-0.2, -0.15) is 0 Å². The molecular formula is C19H19N3O4S. The lowest BCUT2D eigenvalue weighted by Gasteiger charge is -2.10. The number of aromatic nitrogens is 2. The predicted molar refractivity (Wildman–Crippen MR) is 104 cm³/mol. The van der Waals surface area contributed by atoms with Crippen molar-refractivity contribution in [1.82, 2.24) is 9.55 Å². The van der Waals surface area contributed by atoms with Crippen LogP contribution >= 0.6 is 11.3 Å². The Morgan fingerprint density at radius 3 is 2.81 bits per heavy atom. The van der Waals surface area contributed by atoms with Gasteiger partial charge in [0.05, 0.1) is 23.9 Å². The van der Waals surface area contributed by atoms with E-state index in [2.05, 4.69) is 10.3 Å². The number of ether oxygens (including phenoxy) is 1. The summed E-state index contributed by atoms with van der Waals surface area (Å²) in [4.78, 5) is 41.9. The van der Waals surface area contributed by atoms with Crippen molar-refractivity contribution in [3.63, 3.8) is 0 Å². The fourth-order valence-electron chi connectivity index (χ4n) is 2.65. The summed E-state index contributed by atoms with van der Waals surface area (Å²) in [6.45, 7) is 5.54. The molecule has 0 saturated heterocycles. The van der Waals surface area contributed by atoms with Crippen molar-refractivity contribution in [1.29, 1.82) is 0 Å². The van der Waals surface area contributed by atoms with Crippen molar-refractivity contribution in [3.05, 3.63) is 57.0 Å². The average molecular weight is 385 g/mol. The van der Waals surface area contributed by atoms with Crippen molar-refractivity contribution < 1.29 is 14.3 Å². The van der Waals surface area contributed by atoms with Gasteiger partial charge in [0, 0.05) is 11.1 Å². The molecule has 0 radical (unpaired) electrons. The van der Waals surface area contributed by atoms with Crippen molar-refractivity contribution in [2.45, 2.75) is 27.3 Å². The molecule has 3 rings (SSSR count). The Morgan fingerprint density at radius 1 is 1.30 bits per heavy atom. The third-order valence-electron chi connectivity index (χ3n) is 4.04. The van der Waals surface area contributed by atoms with Gasteiger partial charge in [-0.05, 0) is 38.0 Å². The number of esters is 1. The molecule has 1 aromatic carbocycles. The van der Waals surface area contributed by atoms with E-state index in [1.165, 1.54) is 22.2 Å². The number of carbonyl (C=O) groups is 2. The number of fused-ring (bicyclic) bond motifs is 1. The van der Waals surface area contributed by atoms with Gasteiger partial charge >= 0.3 is 5.97 Å². The molecule has 0 atom stereocenters. The van der Waals surface area contributed by atoms with Crippen LogP contribution in [0.5, 0.6) is 0 Å². The van der Waals surface area contributed by atoms with E-state index in [0.717, 1.165) is 11.1 Å². The van der Waals surface area contributed by atoms with Crippen LogP contribution in [0.25, 0.3) is 10.2 Å². The Hall–Kier alpha value is -3.00. The monoisotopic (exact) mass is 385 g/mol. The lowest BCUT2D eigenvalue weighted by Crippen LogP contribution is -2.28. The highest BCUT2D eigenvalue weighted by Crippen LogP contribution is 2.21. The van der Waals surface area contributed by atoms with Gasteiger partial charge in [0.2, 0.25) is 5.91 Å². The number of amides is 1. The van der Waals surface area contributed by atoms with E-state index in [0.29, 0.717) is 10.5 Å². The minimum Gasteiger partial charge on any atom is -0.462 e. The minimum atomic E-state index is -0.569. The summed E-state index contributed by atoms with van der Waals surface area (Å²) in [6, 6.07) is 5.75. The zero-order valence-electron chi connectivity index (χ0n) is 15.2. The second-order valence-electron chi connectivity index (χ2n) is 6.09. The first-order valence-corrected chi connectivity index (χ1v) is 9.29. The summed E-state index contributed by atoms with van der Waals surface area (Å²) in [5.74, 6) is -0.917. The number of thiophene rings is 1. The normalized spacial score (nSPS) is 10.8. The van der Waals surface area contributed by atoms with Gasteiger partial charge in [-0.25, -0.2) is 9.78 Å². The van der Waals surface area contributed by atoms with Crippen LogP contribution in [0.15, 0.2) is 34.7 Å². The van der Waals surface area contributed by atoms with Crippen LogP contribution in [-0.2, 0) is 16.1 Å². The van der Waals surface area contributed by atoms with Crippen LogP contribution in [0.4, 0.5) is 5.69 Å². The van der Waals surface area contributed by atoms with E-state index < -0.39 is 11.5 Å². The maximum Gasteiger partial charge on any atom is 0.339 e. The molecule has 0 aliphatic heterocycles. The summed E-state index contributed by atoms with van der Waals surface area (Å²) < 4.78 is 6.18. The summed E-state index contributed by atoms with van der Waals surface area (Å²) in [5, 5.41) is 4.55. The Morgan fingerprint density at radius 2 is 2.07 bits per heavy atom. The van der Waals surface area contributed by atoms with Gasteiger partial charge in [-0.1, -0.05) is 12.1 Å². The maximum atomic E-state index is 12.8. The smallest absolute Gasteiger partial charge is 0.339 e. The largest absolute Gasteiger partial charge is 0.462 e. The van der Waals surface area contributed by atoms with E-state index in [9.17, 15) is 14.4 Å². The molecule has 0 unspecified atom stereocenters. The number of anilines is 1. The van der Waals surface area contributed by atoms with Gasteiger partial charge in [-0.15, -0.1) is 11.3 Å². The first-order chi connectivity index (χ1) is 12.9. The van der Waals surface area contributed by atoms with Gasteiger partial charge in [0.1, 0.15) is 11.4 Å². The number of hydrogen-bond donors (Lipinski definition) is 1. The van der Waals surface area contributed by atoms with Crippen LogP contribution in [-0.4, -0.2) is 28.0 Å². The first kappa shape index (κ1) is 18.8. The van der Waals surface area contributed by atoms with Crippen LogP contribution in [0, 0.1) is 13.8 Å². The fraction of sp³-hybridized carbons (Fsp3) is 0.263. The third kappa shape index (κ3) is 3.90. The second-order valence-corrected chi connectivity index (χ2v) is 6.95. The average Bonchev–Trinajstić information content (AvgIpc) is 3.06. The highest BCUT2D eigenvalue weighted by molar-refractivity contribution is 7.17. The van der Waals surface area contributed by atoms with E-state index in [4.69, 9.17) is 4.74 Å². The molecule has 0 aliphatic rings. The van der Waals surface area contributed by atoms with Crippen molar-refractivity contribution in [2.75, 3.05) is 11.9 Å². The standard InChI is InChI=1S/C19H19N3O4S/c1-4-26-19(25)13-9-27-17-16(13)18(24)22(10-20-17)8-15(23)21-14-7-11(2)5-6-12(14)3/h5-7,9-10H,4,8H2,1-3H3,(H,21,23). The fourth-order valence-corrected chi connectivity index (χ4v) is 3.52. The van der Waals surface area contributed by atoms with E-state index in [1.54, 1.807) is 12.3 Å². The highest BCUT2D eigenvalue weighted by atomic mass is 32.1. The topological polar surface area (TPSA) is 90.3 Å². The maximum absolute atomic E-state index is 12.8. The minimum absolute atomic E-state index is 0.179. The van der Waals surface area contributed by atoms with Gasteiger partial charge in [-0.3, -0.25) is 14.2 Å². The molecule has 140 valence electrons. The second kappa shape index (κ2) is 7.71. The zero-order chi connectivity index (χ0) is 19.6. The Balaban J connectivity index is 1.88. The number of aryl methyl sites for hydroxylation is 2. The molecule has 0 fully saturated rings. The molecule has 0 saturated carbocycles. The predicted octanol–water partition coefficient (Wildman–Crippen LogP) is 2.89. The number of nitrogens with zero attached hydrogens (tertiary/aromatic N) is 2. The highest BCUT2D eigenvalue weighted by Gasteiger charge is 2.19. The first-order valence-electron chi connectivity index (χ1n) is 8.41. The number of benzene rings is 1. The molecule has 3 aromatic rings. The van der Waals surface area contributed by atoms with Crippen molar-refractivity contribution in [2.24, 2.45) is 0 Å². The Labute approximate surface area is 159 Å². The molecule has 8 heteroatoms. The molecule has 1 amide bonds. The summed E-state index contributed by atoms with van der Waals surface area (Å²) in [5.41, 5.74) is 2.38. The van der Waals surface area contributed by atoms with Crippen LogP contribution in [0.2, 0.25) is 0 Å². The van der Waals surface area contributed by atoms with Crippen LogP contribution in [0.3, 0.4) is 0 Å². The summed E-state index contributed by atoms with van der Waals surface area (Å²) >= 11 is 1.19. The molecule has 1 N–H and O–H groups in total. The SMILES string of the molecule is CCOC(=O)c1csc2ncn(CC(=O)Nc3cc(C)ccc3C)c(=O)c12. The third-order valence-corrected chi connectivity index (χ3v) is 4.92. The van der Waals surface area contributed by atoms with E-state index >= 15 is 0 Å². The number of carbonyl (C=O) groups excluding carboxylic acids is 2. The lowest BCUT2D eigenvalue weighted by molar-refractivity contribution is -0.116. The molecule has 2 heterocycles. The molecule has 0 spiro atoms. The molecule has 2 aromatic heterocycles. The molecule has 7 nitrogen and oxygen atoms in total. The summed E-state index contributed by atoms with van der Waals surface area (Å²) in [6.07, 6.45) is 1.32. The van der Waals surface area contributed by atoms with Crippen molar-refractivity contribution >= 4 is 39.1 Å². The number of nitrogens with one attached hydrogen (secondary N) is 1. The molecule has 0 bridgehead atoms. The van der Waals surface area contributed by atoms with E-state index in [-0.39, 0.29) is 30.0 Å². The van der Waals surface area contributed by atoms with E-state index in [1.807, 2.05) is 32.0 Å². The van der Waals surface area contributed by atoms with Crippen molar-refractivity contribution in [3.8, 4) is 0 Å². The number of rotatable bonds is 5. The Kier molecular flexibility index (Phi) is 5.36. The lowest BCUT2D eigenvalue weighted by atomic mass is 10.1. The number of hydrogen-bond acceptors (Lipinski definition) is 6. The van der Waals surface area contributed by atoms with Gasteiger partial charge in [0.25, 0.3) is 5.56 Å². The Bertz CT molecular complexity index is 1080. The van der Waals surface area contributed by atoms with Crippen LogP contribution < -0.4 is 10.9 Å².